The zero-order valence-electron chi connectivity index (χ0n) is 19.6. The molecule has 3 aromatic rings. The maximum atomic E-state index is 13.5. The summed E-state index contributed by atoms with van der Waals surface area (Å²) in [6.45, 7) is 4.02. The zero-order chi connectivity index (χ0) is 25.0. The standard InChI is InChI=1S/C26H28N4O4S/c1-19(2)30(23-13-11-22(12-14-23)28-21-8-4-3-5-9-21)26(32)20-7-6-10-24(17-20)35(33,34)29-16-15-27-25(31)18-29/h3-14,17,19,28H,15-16,18H2,1-2H3,(H,27,31). The van der Waals surface area contributed by atoms with Crippen LogP contribution in [-0.4, -0.2) is 50.2 Å². The molecule has 0 bridgehead atoms. The smallest absolute Gasteiger partial charge is 0.258 e. The van der Waals surface area contributed by atoms with Crippen molar-refractivity contribution in [2.75, 3.05) is 29.9 Å². The lowest BCUT2D eigenvalue weighted by atomic mass is 10.1. The molecule has 2 N–H and O–H groups in total. The van der Waals surface area contributed by atoms with Gasteiger partial charge >= 0.3 is 0 Å². The lowest BCUT2D eigenvalue weighted by molar-refractivity contribution is -0.122. The Hall–Kier alpha value is -3.69. The third-order valence-electron chi connectivity index (χ3n) is 5.67. The van der Waals surface area contributed by atoms with Crippen LogP contribution in [0, 0.1) is 0 Å². The van der Waals surface area contributed by atoms with E-state index in [4.69, 9.17) is 0 Å². The van der Waals surface area contributed by atoms with E-state index in [1.54, 1.807) is 17.0 Å². The van der Waals surface area contributed by atoms with Crippen molar-refractivity contribution >= 4 is 38.9 Å². The summed E-state index contributed by atoms with van der Waals surface area (Å²) in [5.74, 6) is -0.652. The molecule has 0 saturated carbocycles. The van der Waals surface area contributed by atoms with E-state index in [9.17, 15) is 18.0 Å². The highest BCUT2D eigenvalue weighted by Gasteiger charge is 2.30. The molecule has 1 aliphatic rings. The number of para-hydroxylation sites is 1. The first-order chi connectivity index (χ1) is 16.8. The Morgan fingerprint density at radius 1 is 0.971 bits per heavy atom. The molecule has 35 heavy (non-hydrogen) atoms. The molecule has 0 radical (unpaired) electrons. The number of hydrogen-bond acceptors (Lipinski definition) is 5. The Labute approximate surface area is 205 Å². The van der Waals surface area contributed by atoms with Crippen molar-refractivity contribution in [1.82, 2.24) is 9.62 Å². The number of carbonyl (C=O) groups is 2. The Morgan fingerprint density at radius 2 is 1.66 bits per heavy atom. The van der Waals surface area contributed by atoms with Crippen LogP contribution in [0.2, 0.25) is 0 Å². The summed E-state index contributed by atoms with van der Waals surface area (Å²) >= 11 is 0. The summed E-state index contributed by atoms with van der Waals surface area (Å²) in [5.41, 5.74) is 2.80. The molecule has 1 heterocycles. The summed E-state index contributed by atoms with van der Waals surface area (Å²) in [4.78, 5) is 26.8. The van der Waals surface area contributed by atoms with E-state index in [1.165, 1.54) is 12.1 Å². The van der Waals surface area contributed by atoms with E-state index in [1.807, 2.05) is 68.4 Å². The van der Waals surface area contributed by atoms with Gasteiger partial charge in [0.2, 0.25) is 15.9 Å². The first kappa shape index (κ1) is 24.4. The Bertz CT molecular complexity index is 1310. The van der Waals surface area contributed by atoms with Crippen LogP contribution in [0.15, 0.2) is 83.8 Å². The van der Waals surface area contributed by atoms with Crippen LogP contribution in [0.25, 0.3) is 0 Å². The minimum Gasteiger partial charge on any atom is -0.356 e. The van der Waals surface area contributed by atoms with Crippen molar-refractivity contribution in [3.05, 3.63) is 84.4 Å². The van der Waals surface area contributed by atoms with Gasteiger partial charge in [-0.25, -0.2) is 8.42 Å². The summed E-state index contributed by atoms with van der Waals surface area (Å²) < 4.78 is 27.3. The molecule has 0 unspecified atom stereocenters. The lowest BCUT2D eigenvalue weighted by Gasteiger charge is -2.28. The SMILES string of the molecule is CC(C)N(C(=O)c1cccc(S(=O)(=O)N2CCNC(=O)C2)c1)c1ccc(Nc2ccccc2)cc1. The van der Waals surface area contributed by atoms with Crippen molar-refractivity contribution in [2.45, 2.75) is 24.8 Å². The fourth-order valence-corrected chi connectivity index (χ4v) is 5.38. The van der Waals surface area contributed by atoms with Gasteiger partial charge in [-0.15, -0.1) is 0 Å². The maximum Gasteiger partial charge on any atom is 0.258 e. The number of piperazine rings is 1. The molecule has 3 aromatic carbocycles. The molecule has 1 saturated heterocycles. The number of carbonyl (C=O) groups excluding carboxylic acids is 2. The summed E-state index contributed by atoms with van der Waals surface area (Å²) in [7, 11) is -3.90. The third-order valence-corrected chi connectivity index (χ3v) is 7.51. The van der Waals surface area contributed by atoms with Gasteiger partial charge < -0.3 is 15.5 Å². The average molecular weight is 493 g/mol. The minimum atomic E-state index is -3.90. The number of sulfonamides is 1. The van der Waals surface area contributed by atoms with Gasteiger partial charge in [-0.2, -0.15) is 4.31 Å². The molecule has 1 aliphatic heterocycles. The van der Waals surface area contributed by atoms with Crippen molar-refractivity contribution < 1.29 is 18.0 Å². The Balaban J connectivity index is 1.57. The van der Waals surface area contributed by atoms with E-state index < -0.39 is 10.0 Å². The van der Waals surface area contributed by atoms with E-state index in [-0.39, 0.29) is 47.9 Å². The molecule has 0 aliphatic carbocycles. The molecule has 8 nitrogen and oxygen atoms in total. The van der Waals surface area contributed by atoms with Gasteiger partial charge in [0.05, 0.1) is 11.4 Å². The number of amides is 2. The lowest BCUT2D eigenvalue weighted by Crippen LogP contribution is -2.49. The molecule has 2 amide bonds. The van der Waals surface area contributed by atoms with Crippen molar-refractivity contribution in [3.8, 4) is 0 Å². The highest BCUT2D eigenvalue weighted by atomic mass is 32.2. The van der Waals surface area contributed by atoms with Crippen LogP contribution < -0.4 is 15.5 Å². The fraction of sp³-hybridized carbons (Fsp3) is 0.231. The molecule has 1 fully saturated rings. The molecule has 4 rings (SSSR count). The first-order valence-corrected chi connectivity index (χ1v) is 12.8. The van der Waals surface area contributed by atoms with Crippen molar-refractivity contribution in [2.24, 2.45) is 0 Å². The first-order valence-electron chi connectivity index (χ1n) is 11.4. The van der Waals surface area contributed by atoms with Gasteiger partial charge in [-0.05, 0) is 68.4 Å². The third kappa shape index (κ3) is 5.52. The van der Waals surface area contributed by atoms with Gasteiger partial charge in [0.15, 0.2) is 0 Å². The molecule has 0 spiro atoms. The molecule has 182 valence electrons. The fourth-order valence-electron chi connectivity index (χ4n) is 3.94. The molecule has 0 aromatic heterocycles. The zero-order valence-corrected chi connectivity index (χ0v) is 20.5. The number of nitrogens with one attached hydrogen (secondary N) is 2. The van der Waals surface area contributed by atoms with Gasteiger partial charge in [-0.3, -0.25) is 9.59 Å². The number of nitrogens with zero attached hydrogens (tertiary/aromatic N) is 2. The molecule has 9 heteroatoms. The monoisotopic (exact) mass is 492 g/mol. The Morgan fingerprint density at radius 3 is 2.31 bits per heavy atom. The molecular weight excluding hydrogens is 464 g/mol. The van der Waals surface area contributed by atoms with Crippen molar-refractivity contribution in [1.29, 1.82) is 0 Å². The van der Waals surface area contributed by atoms with Gasteiger partial charge in [-0.1, -0.05) is 24.3 Å². The second-order valence-electron chi connectivity index (χ2n) is 8.52. The van der Waals surface area contributed by atoms with E-state index >= 15 is 0 Å². The largest absolute Gasteiger partial charge is 0.356 e. The summed E-state index contributed by atoms with van der Waals surface area (Å²) in [6.07, 6.45) is 0. The van der Waals surface area contributed by atoms with E-state index in [0.29, 0.717) is 5.69 Å². The highest BCUT2D eigenvalue weighted by Crippen LogP contribution is 2.25. The number of rotatable bonds is 7. The van der Waals surface area contributed by atoms with E-state index in [0.717, 1.165) is 15.7 Å². The molecule has 0 atom stereocenters. The van der Waals surface area contributed by atoms with Gasteiger partial charge in [0.25, 0.3) is 5.91 Å². The maximum absolute atomic E-state index is 13.5. The second-order valence-corrected chi connectivity index (χ2v) is 10.5. The average Bonchev–Trinajstić information content (AvgIpc) is 2.86. The summed E-state index contributed by atoms with van der Waals surface area (Å²) in [5, 5.41) is 5.93. The minimum absolute atomic E-state index is 0.0100. The van der Waals surface area contributed by atoms with Gasteiger partial charge in [0, 0.05) is 41.8 Å². The normalized spacial score (nSPS) is 14.4. The van der Waals surface area contributed by atoms with Crippen LogP contribution in [0.4, 0.5) is 17.1 Å². The predicted octanol–water partition coefficient (Wildman–Crippen LogP) is 3.61. The van der Waals surface area contributed by atoms with Crippen LogP contribution >= 0.6 is 0 Å². The summed E-state index contributed by atoms with van der Waals surface area (Å²) in [6, 6.07) is 23.1. The van der Waals surface area contributed by atoms with Crippen LogP contribution in [-0.2, 0) is 14.8 Å². The van der Waals surface area contributed by atoms with E-state index in [2.05, 4.69) is 10.6 Å². The van der Waals surface area contributed by atoms with Crippen LogP contribution in [0.1, 0.15) is 24.2 Å². The Kier molecular flexibility index (Phi) is 7.18. The topological polar surface area (TPSA) is 98.8 Å². The number of hydrogen-bond donors (Lipinski definition) is 2. The number of anilines is 3. The van der Waals surface area contributed by atoms with Gasteiger partial charge in [0.1, 0.15) is 0 Å². The van der Waals surface area contributed by atoms with Crippen LogP contribution in [0.5, 0.6) is 0 Å². The highest BCUT2D eigenvalue weighted by molar-refractivity contribution is 7.89. The predicted molar refractivity (Wildman–Crippen MR) is 136 cm³/mol. The number of benzene rings is 3. The second kappa shape index (κ2) is 10.3. The quantitative estimate of drug-likeness (QED) is 0.525. The van der Waals surface area contributed by atoms with Crippen molar-refractivity contribution in [3.63, 3.8) is 0 Å². The molecular formula is C26H28N4O4S. The van der Waals surface area contributed by atoms with Crippen LogP contribution in [0.3, 0.4) is 0 Å².